The lowest BCUT2D eigenvalue weighted by Crippen LogP contribution is -2.20. The first kappa shape index (κ1) is 13.8. The molecule has 6 nitrogen and oxygen atoms in total. The fourth-order valence-corrected chi connectivity index (χ4v) is 2.37. The number of nitrogens with zero attached hydrogens (tertiary/aromatic N) is 4. The monoisotopic (exact) mass is 285 g/mol. The Morgan fingerprint density at radius 1 is 1.29 bits per heavy atom. The van der Waals surface area contributed by atoms with Crippen LogP contribution in [-0.4, -0.2) is 39.2 Å². The van der Waals surface area contributed by atoms with E-state index < -0.39 is 0 Å². The van der Waals surface area contributed by atoms with Crippen LogP contribution in [-0.2, 0) is 11.3 Å². The number of fused-ring (bicyclic) bond motifs is 1. The molecule has 0 aliphatic heterocycles. The fraction of sp³-hybridized carbons (Fsp3) is 0.333. The van der Waals surface area contributed by atoms with E-state index in [1.54, 1.807) is 13.3 Å². The van der Waals surface area contributed by atoms with E-state index in [1.165, 1.54) is 0 Å². The molecular weight excluding hydrogens is 266 g/mol. The van der Waals surface area contributed by atoms with Gasteiger partial charge in [-0.25, -0.2) is 9.97 Å². The zero-order valence-corrected chi connectivity index (χ0v) is 12.3. The van der Waals surface area contributed by atoms with E-state index in [0.29, 0.717) is 6.61 Å². The molecule has 0 aliphatic rings. The topological polar surface area (TPSA) is 56.4 Å². The summed E-state index contributed by atoms with van der Waals surface area (Å²) in [4.78, 5) is 9.02. The first-order valence-electron chi connectivity index (χ1n) is 6.97. The summed E-state index contributed by atoms with van der Waals surface area (Å²) in [5.41, 5.74) is 2.05. The first-order chi connectivity index (χ1) is 10.3. The normalized spacial score (nSPS) is 11.3. The van der Waals surface area contributed by atoms with Crippen LogP contribution in [0.4, 0.5) is 0 Å². The second kappa shape index (κ2) is 6.07. The summed E-state index contributed by atoms with van der Waals surface area (Å²) >= 11 is 0. The van der Waals surface area contributed by atoms with Crippen LogP contribution >= 0.6 is 0 Å². The van der Waals surface area contributed by atoms with Gasteiger partial charge < -0.3 is 14.5 Å². The Kier molecular flexibility index (Phi) is 3.98. The van der Waals surface area contributed by atoms with Crippen molar-refractivity contribution in [2.45, 2.75) is 13.5 Å². The Balaban J connectivity index is 2.00. The van der Waals surface area contributed by atoms with E-state index in [2.05, 4.69) is 14.7 Å². The average Bonchev–Trinajstić information content (AvgIpc) is 3.07. The maximum Gasteiger partial charge on any atom is 0.161 e. The third kappa shape index (κ3) is 2.68. The highest BCUT2D eigenvalue weighted by Crippen LogP contribution is 2.18. The molecule has 0 atom stereocenters. The van der Waals surface area contributed by atoms with Gasteiger partial charge in [0.05, 0.1) is 12.3 Å². The van der Waals surface area contributed by atoms with Gasteiger partial charge in [0.25, 0.3) is 0 Å². The van der Waals surface area contributed by atoms with E-state index in [4.69, 9.17) is 9.72 Å². The summed E-state index contributed by atoms with van der Waals surface area (Å²) in [6, 6.07) is 6.02. The number of aryl methyl sites for hydroxylation is 1. The number of methoxy groups -OCH3 is 1. The molecule has 110 valence electrons. The maximum absolute atomic E-state index is 5.07. The van der Waals surface area contributed by atoms with Crippen LogP contribution < -0.4 is 5.32 Å². The Labute approximate surface area is 123 Å². The van der Waals surface area contributed by atoms with Crippen LogP contribution in [0.3, 0.4) is 0 Å². The van der Waals surface area contributed by atoms with Gasteiger partial charge in [0, 0.05) is 38.8 Å². The van der Waals surface area contributed by atoms with Gasteiger partial charge in [-0.15, -0.1) is 0 Å². The molecule has 3 rings (SSSR count). The van der Waals surface area contributed by atoms with E-state index in [-0.39, 0.29) is 0 Å². The molecule has 3 aromatic heterocycles. The molecule has 0 fully saturated rings. The third-order valence-electron chi connectivity index (χ3n) is 3.44. The number of imidazole rings is 2. The maximum atomic E-state index is 5.07. The van der Waals surface area contributed by atoms with Crippen molar-refractivity contribution >= 4 is 5.65 Å². The van der Waals surface area contributed by atoms with Gasteiger partial charge in [-0.2, -0.15) is 0 Å². The number of ether oxygens (including phenoxy) is 1. The Morgan fingerprint density at radius 2 is 2.19 bits per heavy atom. The smallest absolute Gasteiger partial charge is 0.161 e. The highest BCUT2D eigenvalue weighted by molar-refractivity contribution is 5.49. The van der Waals surface area contributed by atoms with Crippen LogP contribution in [0.25, 0.3) is 11.5 Å². The van der Waals surface area contributed by atoms with Gasteiger partial charge in [0.1, 0.15) is 11.5 Å². The van der Waals surface area contributed by atoms with Crippen molar-refractivity contribution in [1.82, 2.24) is 24.3 Å². The lowest BCUT2D eigenvalue weighted by molar-refractivity contribution is 0.199. The summed E-state index contributed by atoms with van der Waals surface area (Å²) in [6.07, 6.45) is 5.77. The summed E-state index contributed by atoms with van der Waals surface area (Å²) in [5, 5.41) is 3.38. The quantitative estimate of drug-likeness (QED) is 0.698. The predicted molar refractivity (Wildman–Crippen MR) is 80.6 cm³/mol. The number of hydrogen-bond donors (Lipinski definition) is 1. The molecule has 0 spiro atoms. The molecule has 1 N–H and O–H groups in total. The van der Waals surface area contributed by atoms with Crippen LogP contribution in [0.1, 0.15) is 11.5 Å². The lowest BCUT2D eigenvalue weighted by Gasteiger charge is -2.08. The molecule has 0 aromatic carbocycles. The van der Waals surface area contributed by atoms with Gasteiger partial charge >= 0.3 is 0 Å². The lowest BCUT2D eigenvalue weighted by atomic mass is 10.4. The van der Waals surface area contributed by atoms with E-state index >= 15 is 0 Å². The molecule has 0 saturated heterocycles. The van der Waals surface area contributed by atoms with E-state index in [0.717, 1.165) is 36.1 Å². The van der Waals surface area contributed by atoms with Crippen molar-refractivity contribution in [3.63, 3.8) is 0 Å². The zero-order chi connectivity index (χ0) is 14.7. The Hall–Kier alpha value is -2.18. The minimum Gasteiger partial charge on any atom is -0.383 e. The molecule has 0 bridgehead atoms. The predicted octanol–water partition coefficient (Wildman–Crippen LogP) is 1.56. The van der Waals surface area contributed by atoms with Gasteiger partial charge in [-0.3, -0.25) is 4.57 Å². The summed E-state index contributed by atoms with van der Waals surface area (Å²) in [5.74, 6) is 1.85. The third-order valence-corrected chi connectivity index (χ3v) is 3.44. The molecule has 21 heavy (non-hydrogen) atoms. The molecule has 0 aliphatic carbocycles. The molecular formula is C15H19N5O. The van der Waals surface area contributed by atoms with Crippen molar-refractivity contribution in [3.8, 4) is 5.82 Å². The Morgan fingerprint density at radius 3 is 2.95 bits per heavy atom. The number of aromatic nitrogens is 4. The second-order valence-electron chi connectivity index (χ2n) is 4.82. The van der Waals surface area contributed by atoms with Crippen molar-refractivity contribution in [3.05, 3.63) is 48.3 Å². The number of pyridine rings is 1. The zero-order valence-electron chi connectivity index (χ0n) is 12.3. The van der Waals surface area contributed by atoms with Gasteiger partial charge in [-0.05, 0) is 19.1 Å². The standard InChI is InChI=1S/C15H19N5O/c1-12-17-6-9-19(12)15-13(11-16-7-10-21-2)20-8-4-3-5-14(20)18-15/h3-6,8-9,16H,7,10-11H2,1-2H3. The minimum atomic E-state index is 0.691. The van der Waals surface area contributed by atoms with Gasteiger partial charge in [0.2, 0.25) is 0 Å². The molecule has 0 amide bonds. The van der Waals surface area contributed by atoms with Crippen LogP contribution in [0.5, 0.6) is 0 Å². The largest absolute Gasteiger partial charge is 0.383 e. The minimum absolute atomic E-state index is 0.691. The summed E-state index contributed by atoms with van der Waals surface area (Å²) in [6.45, 7) is 4.20. The van der Waals surface area contributed by atoms with E-state index in [9.17, 15) is 0 Å². The average molecular weight is 285 g/mol. The number of hydrogen-bond acceptors (Lipinski definition) is 4. The van der Waals surface area contributed by atoms with E-state index in [1.807, 2.05) is 42.1 Å². The second-order valence-corrected chi connectivity index (χ2v) is 4.82. The highest BCUT2D eigenvalue weighted by Gasteiger charge is 2.14. The Bertz CT molecular complexity index is 731. The van der Waals surface area contributed by atoms with Crippen LogP contribution in [0, 0.1) is 6.92 Å². The van der Waals surface area contributed by atoms with Crippen LogP contribution in [0.2, 0.25) is 0 Å². The fourth-order valence-electron chi connectivity index (χ4n) is 2.37. The molecule has 0 saturated carbocycles. The molecule has 3 aromatic rings. The number of nitrogens with one attached hydrogen (secondary N) is 1. The highest BCUT2D eigenvalue weighted by atomic mass is 16.5. The summed E-state index contributed by atoms with van der Waals surface area (Å²) < 4.78 is 9.19. The van der Waals surface area contributed by atoms with Gasteiger partial charge in [0.15, 0.2) is 5.82 Å². The van der Waals surface area contributed by atoms with Crippen molar-refractivity contribution in [2.24, 2.45) is 0 Å². The van der Waals surface area contributed by atoms with Crippen molar-refractivity contribution in [2.75, 3.05) is 20.3 Å². The number of rotatable bonds is 6. The SMILES string of the molecule is COCCNCc1c(-n2ccnc2C)nc2ccccn12. The first-order valence-corrected chi connectivity index (χ1v) is 6.97. The van der Waals surface area contributed by atoms with Crippen molar-refractivity contribution < 1.29 is 4.74 Å². The molecule has 0 unspecified atom stereocenters. The summed E-state index contributed by atoms with van der Waals surface area (Å²) in [7, 11) is 1.70. The van der Waals surface area contributed by atoms with Crippen LogP contribution in [0.15, 0.2) is 36.8 Å². The molecule has 3 heterocycles. The van der Waals surface area contributed by atoms with Crippen molar-refractivity contribution in [1.29, 1.82) is 0 Å². The molecule has 0 radical (unpaired) electrons. The van der Waals surface area contributed by atoms with Gasteiger partial charge in [-0.1, -0.05) is 6.07 Å². The molecule has 6 heteroatoms.